The minimum atomic E-state index is -0.740. The average molecular weight is 363 g/mol. The molecule has 1 heterocycles. The van der Waals surface area contributed by atoms with E-state index in [0.29, 0.717) is 17.5 Å². The first-order valence-corrected chi connectivity index (χ1v) is 9.44. The molecule has 4 rings (SSSR count). The van der Waals surface area contributed by atoms with Crippen molar-refractivity contribution in [3.05, 3.63) is 59.9 Å². The van der Waals surface area contributed by atoms with Gasteiger partial charge in [0.2, 0.25) is 5.91 Å². The number of piperidine rings is 1. The number of hydrogen-bond donors (Lipinski definition) is 2. The highest BCUT2D eigenvalue weighted by molar-refractivity contribution is 5.83. The number of carbonyl (C=O) groups excluding carboxylic acids is 1. The first-order valence-electron chi connectivity index (χ1n) is 9.44. The third kappa shape index (κ3) is 3.72. The van der Waals surface area contributed by atoms with Crippen LogP contribution in [0.5, 0.6) is 0 Å². The van der Waals surface area contributed by atoms with Crippen LogP contribution in [0.15, 0.2) is 48.5 Å². The molecular weight excluding hydrogens is 341 g/mol. The van der Waals surface area contributed by atoms with E-state index >= 15 is 0 Å². The molecule has 1 amide bonds. The summed E-state index contributed by atoms with van der Waals surface area (Å²) in [5.74, 6) is -0.143. The van der Waals surface area contributed by atoms with Gasteiger partial charge in [-0.3, -0.25) is 4.79 Å². The molecule has 2 bridgehead atoms. The van der Waals surface area contributed by atoms with Crippen LogP contribution in [-0.2, 0) is 11.2 Å². The largest absolute Gasteiger partial charge is 0.339 e. The second-order valence-electron chi connectivity index (χ2n) is 7.48. The van der Waals surface area contributed by atoms with Crippen LogP contribution in [0.3, 0.4) is 0 Å². The van der Waals surface area contributed by atoms with Gasteiger partial charge in [-0.15, -0.1) is 0 Å². The van der Waals surface area contributed by atoms with Crippen LogP contribution in [0.4, 0.5) is 4.39 Å². The van der Waals surface area contributed by atoms with E-state index in [2.05, 4.69) is 16.7 Å². The number of fused-ring (bicyclic) bond motifs is 2. The van der Waals surface area contributed by atoms with Gasteiger partial charge in [0.15, 0.2) is 0 Å². The maximum Gasteiger partial charge on any atom is 0.238 e. The Balaban J connectivity index is 1.42. The van der Waals surface area contributed by atoms with Crippen LogP contribution >= 0.6 is 0 Å². The van der Waals surface area contributed by atoms with Gasteiger partial charge in [-0.1, -0.05) is 42.5 Å². The first kappa shape index (κ1) is 17.7. The van der Waals surface area contributed by atoms with Gasteiger partial charge in [-0.2, -0.15) is 5.26 Å². The predicted molar refractivity (Wildman–Crippen MR) is 101 cm³/mol. The van der Waals surface area contributed by atoms with Crippen LogP contribution in [0.1, 0.15) is 24.8 Å². The van der Waals surface area contributed by atoms with E-state index < -0.39 is 6.04 Å². The number of nitriles is 1. The summed E-state index contributed by atoms with van der Waals surface area (Å²) in [4.78, 5) is 12.5. The van der Waals surface area contributed by atoms with Crippen LogP contribution < -0.4 is 10.6 Å². The lowest BCUT2D eigenvalue weighted by molar-refractivity contribution is -0.124. The van der Waals surface area contributed by atoms with Crippen molar-refractivity contribution in [1.29, 1.82) is 5.26 Å². The number of benzene rings is 2. The molecule has 1 saturated carbocycles. The number of nitrogens with one attached hydrogen (secondary N) is 2. The van der Waals surface area contributed by atoms with E-state index in [1.165, 1.54) is 6.07 Å². The molecule has 1 aliphatic carbocycles. The number of amides is 1. The molecule has 4 nitrogen and oxygen atoms in total. The Hall–Kier alpha value is -2.71. The summed E-state index contributed by atoms with van der Waals surface area (Å²) in [5.41, 5.74) is 2.17. The molecule has 1 aliphatic heterocycles. The van der Waals surface area contributed by atoms with Crippen LogP contribution in [-0.4, -0.2) is 24.0 Å². The van der Waals surface area contributed by atoms with Crippen LogP contribution in [0, 0.1) is 23.1 Å². The van der Waals surface area contributed by atoms with Gasteiger partial charge in [0.1, 0.15) is 11.9 Å². The lowest BCUT2D eigenvalue weighted by Gasteiger charge is -2.23. The van der Waals surface area contributed by atoms with Gasteiger partial charge >= 0.3 is 0 Å². The maximum absolute atomic E-state index is 14.6. The average Bonchev–Trinajstić information content (AvgIpc) is 3.33. The second-order valence-corrected chi connectivity index (χ2v) is 7.48. The zero-order valence-electron chi connectivity index (χ0n) is 15.0. The molecule has 1 saturated heterocycles. The van der Waals surface area contributed by atoms with E-state index in [1.807, 2.05) is 36.4 Å². The predicted octanol–water partition coefficient (Wildman–Crippen LogP) is 3.18. The number of hydrogen-bond acceptors (Lipinski definition) is 3. The first-order chi connectivity index (χ1) is 13.1. The van der Waals surface area contributed by atoms with E-state index in [4.69, 9.17) is 0 Å². The molecule has 27 heavy (non-hydrogen) atoms. The highest BCUT2D eigenvalue weighted by Crippen LogP contribution is 2.35. The Morgan fingerprint density at radius 2 is 2.04 bits per heavy atom. The number of halogens is 1. The monoisotopic (exact) mass is 363 g/mol. The summed E-state index contributed by atoms with van der Waals surface area (Å²) in [6, 6.07) is 16.2. The summed E-state index contributed by atoms with van der Waals surface area (Å²) < 4.78 is 14.6. The Bertz CT molecular complexity index is 877. The van der Waals surface area contributed by atoms with E-state index in [1.54, 1.807) is 6.07 Å². The van der Waals surface area contributed by atoms with Crippen LogP contribution in [0.25, 0.3) is 11.1 Å². The Kier molecular flexibility index (Phi) is 4.91. The van der Waals surface area contributed by atoms with Gasteiger partial charge in [-0.05, 0) is 47.9 Å². The minimum Gasteiger partial charge on any atom is -0.339 e. The van der Waals surface area contributed by atoms with Gasteiger partial charge in [0, 0.05) is 12.5 Å². The van der Waals surface area contributed by atoms with E-state index in [0.717, 1.165) is 30.4 Å². The zero-order chi connectivity index (χ0) is 18.8. The highest BCUT2D eigenvalue weighted by atomic mass is 19.1. The SMILES string of the molecule is N#CC(Cc1ccc(-c2ccccc2)cc1F)NC(=O)C1NC2CCC1C2. The fourth-order valence-corrected chi connectivity index (χ4v) is 4.28. The van der Waals surface area contributed by atoms with Crippen molar-refractivity contribution < 1.29 is 9.18 Å². The summed E-state index contributed by atoms with van der Waals surface area (Å²) >= 11 is 0. The number of rotatable bonds is 5. The van der Waals surface area contributed by atoms with Crippen molar-refractivity contribution >= 4 is 5.91 Å². The lowest BCUT2D eigenvalue weighted by Crippen LogP contribution is -2.50. The fourth-order valence-electron chi connectivity index (χ4n) is 4.28. The van der Waals surface area contributed by atoms with Crippen molar-refractivity contribution in [1.82, 2.24) is 10.6 Å². The molecule has 138 valence electrons. The molecule has 0 radical (unpaired) electrons. The fraction of sp³-hybridized carbons (Fsp3) is 0.364. The highest BCUT2D eigenvalue weighted by Gasteiger charge is 2.43. The normalized spacial score (nSPS) is 24.4. The van der Waals surface area contributed by atoms with Crippen molar-refractivity contribution in [2.24, 2.45) is 5.92 Å². The van der Waals surface area contributed by atoms with Gasteiger partial charge in [0.25, 0.3) is 0 Å². The third-order valence-corrected chi connectivity index (χ3v) is 5.70. The summed E-state index contributed by atoms with van der Waals surface area (Å²) in [6.07, 6.45) is 3.37. The Morgan fingerprint density at radius 3 is 2.67 bits per heavy atom. The molecule has 4 unspecified atom stereocenters. The molecule has 2 aromatic carbocycles. The molecular formula is C22H22FN3O. The molecule has 0 spiro atoms. The zero-order valence-corrected chi connectivity index (χ0v) is 15.0. The summed E-state index contributed by atoms with van der Waals surface area (Å²) in [7, 11) is 0. The second kappa shape index (κ2) is 7.50. The van der Waals surface area contributed by atoms with Crippen LogP contribution in [0.2, 0.25) is 0 Å². The standard InChI is InChI=1S/C22H22FN3O/c23-20-12-15(14-4-2-1-3-5-14)6-7-16(20)10-19(13-24)26-22(27)21-17-8-9-18(11-17)25-21/h1-7,12,17-19,21,25H,8-11H2,(H,26,27). The van der Waals surface area contributed by atoms with Crippen molar-refractivity contribution in [3.8, 4) is 17.2 Å². The molecule has 4 atom stereocenters. The van der Waals surface area contributed by atoms with E-state index in [9.17, 15) is 14.4 Å². The lowest BCUT2D eigenvalue weighted by atomic mass is 9.98. The topological polar surface area (TPSA) is 64.9 Å². The quantitative estimate of drug-likeness (QED) is 0.857. The van der Waals surface area contributed by atoms with Crippen molar-refractivity contribution in [2.75, 3.05) is 0 Å². The van der Waals surface area contributed by atoms with Crippen molar-refractivity contribution in [2.45, 2.75) is 43.8 Å². The summed E-state index contributed by atoms with van der Waals surface area (Å²) in [6.45, 7) is 0. The van der Waals surface area contributed by atoms with Crippen molar-refractivity contribution in [3.63, 3.8) is 0 Å². The maximum atomic E-state index is 14.6. The van der Waals surface area contributed by atoms with E-state index in [-0.39, 0.29) is 24.2 Å². The number of carbonyl (C=O) groups is 1. The summed E-state index contributed by atoms with van der Waals surface area (Å²) in [5, 5.41) is 15.5. The van der Waals surface area contributed by atoms with Gasteiger partial charge < -0.3 is 10.6 Å². The number of nitrogens with zero attached hydrogens (tertiary/aromatic N) is 1. The smallest absolute Gasteiger partial charge is 0.238 e. The Labute approximate surface area is 158 Å². The molecule has 2 fully saturated rings. The molecule has 0 aromatic heterocycles. The Morgan fingerprint density at radius 1 is 1.22 bits per heavy atom. The minimum absolute atomic E-state index is 0.143. The third-order valence-electron chi connectivity index (χ3n) is 5.70. The molecule has 2 N–H and O–H groups in total. The molecule has 5 heteroatoms. The molecule has 2 aliphatic rings. The van der Waals surface area contributed by atoms with Gasteiger partial charge in [-0.25, -0.2) is 4.39 Å². The van der Waals surface area contributed by atoms with Gasteiger partial charge in [0.05, 0.1) is 12.1 Å². The molecule has 2 aromatic rings.